The quantitative estimate of drug-likeness (QED) is 0.412. The van der Waals surface area contributed by atoms with Crippen LogP contribution in [0.4, 0.5) is 0 Å². The lowest BCUT2D eigenvalue weighted by molar-refractivity contribution is -0.164. The number of aryl methyl sites for hydroxylation is 2. The van der Waals surface area contributed by atoms with Crippen LogP contribution in [0.1, 0.15) is 22.3 Å². The highest BCUT2D eigenvalue weighted by atomic mass is 16.4. The van der Waals surface area contributed by atoms with Crippen molar-refractivity contribution < 1.29 is 30.6 Å². The van der Waals surface area contributed by atoms with Crippen LogP contribution in [0, 0.1) is 13.8 Å². The Balaban J connectivity index is 2.62. The molecule has 0 unspecified atom stereocenters. The molecule has 0 radical (unpaired) electrons. The van der Waals surface area contributed by atoms with Crippen LogP contribution in [0.25, 0.3) is 0 Å². The Bertz CT molecular complexity index is 686. The minimum Gasteiger partial charge on any atom is -0.394 e. The number of aliphatic hydroxyl groups is 6. The Kier molecular flexibility index (Phi) is 6.52. The third-order valence-electron chi connectivity index (χ3n) is 4.79. The third-order valence-corrected chi connectivity index (χ3v) is 4.79. The largest absolute Gasteiger partial charge is 0.394 e. The van der Waals surface area contributed by atoms with E-state index in [1.165, 1.54) is 0 Å². The van der Waals surface area contributed by atoms with Gasteiger partial charge in [-0.25, -0.2) is 0 Å². The fourth-order valence-corrected chi connectivity index (χ4v) is 3.23. The van der Waals surface area contributed by atoms with E-state index in [4.69, 9.17) is 5.11 Å². The lowest BCUT2D eigenvalue weighted by Crippen LogP contribution is -2.55. The Morgan fingerprint density at radius 3 is 1.58 bits per heavy atom. The van der Waals surface area contributed by atoms with Crippen LogP contribution >= 0.6 is 0 Å². The molecule has 0 saturated carbocycles. The molecule has 0 aliphatic carbocycles. The molecule has 6 nitrogen and oxygen atoms in total. The van der Waals surface area contributed by atoms with Gasteiger partial charge in [-0.15, -0.1) is 0 Å². The van der Waals surface area contributed by atoms with Gasteiger partial charge in [-0.05, 0) is 36.1 Å². The minimum atomic E-state index is -2.04. The monoisotopic (exact) mass is 362 g/mol. The Morgan fingerprint density at radius 1 is 0.769 bits per heavy atom. The van der Waals surface area contributed by atoms with Crippen molar-refractivity contribution in [3.63, 3.8) is 0 Å². The second-order valence-corrected chi connectivity index (χ2v) is 6.57. The van der Waals surface area contributed by atoms with Crippen molar-refractivity contribution in [2.24, 2.45) is 0 Å². The van der Waals surface area contributed by atoms with E-state index in [1.807, 2.05) is 0 Å². The summed E-state index contributed by atoms with van der Waals surface area (Å²) in [7, 11) is 0. The number of rotatable bonds is 7. The van der Waals surface area contributed by atoms with Gasteiger partial charge in [0.15, 0.2) is 0 Å². The zero-order chi connectivity index (χ0) is 19.5. The van der Waals surface area contributed by atoms with E-state index in [9.17, 15) is 25.5 Å². The van der Waals surface area contributed by atoms with Crippen molar-refractivity contribution in [2.75, 3.05) is 6.61 Å². The van der Waals surface area contributed by atoms with Crippen LogP contribution < -0.4 is 0 Å². The maximum absolute atomic E-state index is 11.6. The molecule has 0 saturated heterocycles. The molecule has 0 aliphatic rings. The van der Waals surface area contributed by atoms with Gasteiger partial charge >= 0.3 is 0 Å². The summed E-state index contributed by atoms with van der Waals surface area (Å²) in [5, 5.41) is 61.5. The molecule has 2 aromatic carbocycles. The van der Waals surface area contributed by atoms with Crippen LogP contribution in [0.15, 0.2) is 48.5 Å². The molecule has 0 heterocycles. The molecule has 0 bridgehead atoms. The van der Waals surface area contributed by atoms with Crippen molar-refractivity contribution in [1.29, 1.82) is 0 Å². The summed E-state index contributed by atoms with van der Waals surface area (Å²) in [6, 6.07) is 13.7. The summed E-state index contributed by atoms with van der Waals surface area (Å²) in [5.74, 6) is 0. The topological polar surface area (TPSA) is 121 Å². The molecule has 6 N–H and O–H groups in total. The van der Waals surface area contributed by atoms with Gasteiger partial charge in [0.25, 0.3) is 0 Å². The highest BCUT2D eigenvalue weighted by Crippen LogP contribution is 2.38. The highest BCUT2D eigenvalue weighted by Gasteiger charge is 2.47. The first-order valence-electron chi connectivity index (χ1n) is 8.42. The van der Waals surface area contributed by atoms with E-state index in [1.54, 1.807) is 62.4 Å². The fraction of sp³-hybridized carbons (Fsp3) is 0.400. The predicted molar refractivity (Wildman–Crippen MR) is 96.5 cm³/mol. The van der Waals surface area contributed by atoms with E-state index in [-0.39, 0.29) is 0 Å². The summed E-state index contributed by atoms with van der Waals surface area (Å²) in [6.45, 7) is 2.73. The first-order chi connectivity index (χ1) is 12.2. The lowest BCUT2D eigenvalue weighted by atomic mass is 9.75. The van der Waals surface area contributed by atoms with Crippen molar-refractivity contribution >= 4 is 0 Å². The van der Waals surface area contributed by atoms with Gasteiger partial charge in [-0.2, -0.15) is 0 Å². The van der Waals surface area contributed by atoms with Gasteiger partial charge in [0.2, 0.25) is 0 Å². The molecule has 142 valence electrons. The van der Waals surface area contributed by atoms with Gasteiger partial charge in [0, 0.05) is 0 Å². The van der Waals surface area contributed by atoms with Gasteiger partial charge in [-0.1, -0.05) is 48.5 Å². The summed E-state index contributed by atoms with van der Waals surface area (Å²) < 4.78 is 0. The Hall–Kier alpha value is -1.80. The zero-order valence-electron chi connectivity index (χ0n) is 14.8. The molecular weight excluding hydrogens is 336 g/mol. The molecule has 4 atom stereocenters. The molecule has 0 aromatic heterocycles. The van der Waals surface area contributed by atoms with Crippen LogP contribution in [-0.2, 0) is 5.60 Å². The summed E-state index contributed by atoms with van der Waals surface area (Å²) in [5.41, 5.74) is 0.0631. The summed E-state index contributed by atoms with van der Waals surface area (Å²) in [4.78, 5) is 0. The maximum atomic E-state index is 11.6. The first kappa shape index (κ1) is 20.5. The first-order valence-corrected chi connectivity index (χ1v) is 8.42. The van der Waals surface area contributed by atoms with Gasteiger partial charge < -0.3 is 30.6 Å². The van der Waals surface area contributed by atoms with Crippen molar-refractivity contribution in [1.82, 2.24) is 0 Å². The number of hydrogen-bond donors (Lipinski definition) is 6. The predicted octanol–water partition coefficient (Wildman–Crippen LogP) is -0.0248. The summed E-state index contributed by atoms with van der Waals surface area (Å²) in [6.07, 6.45) is -7.26. The van der Waals surface area contributed by atoms with E-state index >= 15 is 0 Å². The Morgan fingerprint density at radius 2 is 1.19 bits per heavy atom. The molecule has 2 rings (SSSR count). The molecule has 0 fully saturated rings. The smallest absolute Gasteiger partial charge is 0.144 e. The van der Waals surface area contributed by atoms with Crippen molar-refractivity contribution in [3.8, 4) is 0 Å². The van der Waals surface area contributed by atoms with E-state index in [2.05, 4.69) is 0 Å². The second-order valence-electron chi connectivity index (χ2n) is 6.57. The number of hydrogen-bond acceptors (Lipinski definition) is 6. The van der Waals surface area contributed by atoms with E-state index < -0.39 is 36.6 Å². The number of aliphatic hydroxyl groups excluding tert-OH is 5. The summed E-state index contributed by atoms with van der Waals surface area (Å²) >= 11 is 0. The van der Waals surface area contributed by atoms with Crippen LogP contribution in [0.2, 0.25) is 0 Å². The van der Waals surface area contributed by atoms with Crippen molar-refractivity contribution in [2.45, 2.75) is 43.9 Å². The van der Waals surface area contributed by atoms with Crippen molar-refractivity contribution in [3.05, 3.63) is 70.8 Å². The Labute approximate surface area is 152 Å². The average molecular weight is 362 g/mol. The van der Waals surface area contributed by atoms with Gasteiger partial charge in [0.05, 0.1) is 6.61 Å². The highest BCUT2D eigenvalue weighted by molar-refractivity contribution is 5.45. The molecule has 0 spiro atoms. The normalized spacial score (nSPS) is 16.8. The standard InChI is InChI=1S/C20H26O6/c1-12-7-3-5-9-14(12)20(26,15-10-6-4-8-13(15)2)19(25)18(24)17(23)16(22)11-21/h3-10,16-19,21-26H,11H2,1-2H3/t16-,17-,18+,19-/m1/s1. The molecule has 2 aromatic rings. The molecule has 0 aliphatic heterocycles. The third kappa shape index (κ3) is 3.66. The van der Waals surface area contributed by atoms with Crippen LogP contribution in [0.3, 0.4) is 0 Å². The van der Waals surface area contributed by atoms with Crippen LogP contribution in [0.5, 0.6) is 0 Å². The second kappa shape index (κ2) is 8.26. The fourth-order valence-electron chi connectivity index (χ4n) is 3.23. The van der Waals surface area contributed by atoms with Crippen LogP contribution in [-0.4, -0.2) is 61.7 Å². The van der Waals surface area contributed by atoms with Gasteiger partial charge in [0.1, 0.15) is 30.0 Å². The lowest BCUT2D eigenvalue weighted by Gasteiger charge is -2.40. The number of benzene rings is 2. The molecule has 0 amide bonds. The van der Waals surface area contributed by atoms with E-state index in [0.29, 0.717) is 22.3 Å². The zero-order valence-corrected chi connectivity index (χ0v) is 14.8. The average Bonchev–Trinajstić information content (AvgIpc) is 2.65. The SMILES string of the molecule is Cc1ccccc1C(O)(c1ccccc1C)[C@H](O)[C@@H](O)[C@H](O)[C@H](O)CO. The maximum Gasteiger partial charge on any atom is 0.144 e. The molecule has 26 heavy (non-hydrogen) atoms. The van der Waals surface area contributed by atoms with E-state index in [0.717, 1.165) is 0 Å². The molecular formula is C20H26O6. The molecule has 6 heteroatoms. The minimum absolute atomic E-state index is 0.367. The van der Waals surface area contributed by atoms with Gasteiger partial charge in [-0.3, -0.25) is 0 Å².